The molecule has 3 amide bonds. The number of hydrogen-bond donors (Lipinski definition) is 3. The maximum absolute atomic E-state index is 12.1. The Bertz CT molecular complexity index is 483. The summed E-state index contributed by atoms with van der Waals surface area (Å²) in [7, 11) is 0. The fraction of sp³-hybridized carbons (Fsp3) is 0.778. The van der Waals surface area contributed by atoms with Crippen molar-refractivity contribution in [2.75, 3.05) is 0 Å². The average molecular weight is 352 g/mol. The van der Waals surface area contributed by atoms with E-state index in [1.807, 2.05) is 13.8 Å². The van der Waals surface area contributed by atoms with E-state index in [1.165, 1.54) is 19.3 Å². The molecule has 1 aliphatic rings. The zero-order valence-corrected chi connectivity index (χ0v) is 15.7. The van der Waals surface area contributed by atoms with E-state index < -0.39 is 11.8 Å². The van der Waals surface area contributed by atoms with Crippen LogP contribution in [0.2, 0.25) is 0 Å². The van der Waals surface area contributed by atoms with Crippen LogP contribution in [0, 0.1) is 0 Å². The van der Waals surface area contributed by atoms with Gasteiger partial charge in [-0.05, 0) is 33.1 Å². The summed E-state index contributed by atoms with van der Waals surface area (Å²) in [5.74, 6) is -1.63. The number of carbonyl (C=O) groups is 3. The minimum atomic E-state index is -0.819. The van der Waals surface area contributed by atoms with Crippen molar-refractivity contribution in [3.63, 3.8) is 0 Å². The first-order valence-corrected chi connectivity index (χ1v) is 9.35. The van der Waals surface area contributed by atoms with Gasteiger partial charge in [-0.1, -0.05) is 39.0 Å². The van der Waals surface area contributed by atoms with E-state index in [0.717, 1.165) is 32.1 Å². The van der Waals surface area contributed by atoms with E-state index in [-0.39, 0.29) is 24.4 Å². The summed E-state index contributed by atoms with van der Waals surface area (Å²) >= 11 is 0. The third-order valence-corrected chi connectivity index (χ3v) is 4.43. The van der Waals surface area contributed by atoms with Crippen molar-refractivity contribution in [3.8, 4) is 0 Å². The lowest BCUT2D eigenvalue weighted by Crippen LogP contribution is -2.42. The average Bonchev–Trinajstić information content (AvgIpc) is 2.54. The van der Waals surface area contributed by atoms with Crippen molar-refractivity contribution in [3.05, 3.63) is 0 Å². The summed E-state index contributed by atoms with van der Waals surface area (Å²) in [4.78, 5) is 35.3. The number of hydrazone groups is 1. The van der Waals surface area contributed by atoms with Gasteiger partial charge in [0, 0.05) is 17.8 Å². The Hall–Kier alpha value is -1.92. The number of amides is 3. The molecule has 0 aromatic rings. The van der Waals surface area contributed by atoms with Crippen molar-refractivity contribution < 1.29 is 14.4 Å². The molecule has 7 heteroatoms. The minimum Gasteiger partial charge on any atom is -0.353 e. The minimum absolute atomic E-state index is 0.0714. The molecule has 0 radical (unpaired) electrons. The second-order valence-corrected chi connectivity index (χ2v) is 6.86. The number of nitrogens with one attached hydrogen (secondary N) is 3. The van der Waals surface area contributed by atoms with E-state index in [9.17, 15) is 14.4 Å². The summed E-state index contributed by atoms with van der Waals surface area (Å²) in [5, 5.41) is 9.45. The van der Waals surface area contributed by atoms with Crippen LogP contribution in [0.15, 0.2) is 5.10 Å². The predicted molar refractivity (Wildman–Crippen MR) is 98.0 cm³/mol. The number of rotatable bonds is 6. The van der Waals surface area contributed by atoms with Crippen LogP contribution in [-0.4, -0.2) is 35.5 Å². The van der Waals surface area contributed by atoms with E-state index >= 15 is 0 Å². The lowest BCUT2D eigenvalue weighted by atomic mass is 9.96. The highest BCUT2D eigenvalue weighted by atomic mass is 16.2. The fourth-order valence-electron chi connectivity index (χ4n) is 2.74. The van der Waals surface area contributed by atoms with Crippen LogP contribution in [0.5, 0.6) is 0 Å². The molecule has 1 atom stereocenters. The van der Waals surface area contributed by atoms with Crippen molar-refractivity contribution >= 4 is 23.4 Å². The lowest BCUT2D eigenvalue weighted by Gasteiger charge is -2.21. The standard InChI is InChI=1S/C18H32N4O3/c1-4-13(2)19-17(24)18(25)22-21-14(3)12-16(23)20-15-10-8-6-5-7-9-11-15/h13,15H,4-12H2,1-3H3,(H,19,24)(H,20,23)(H,22,25)/b21-14-/t13-/m0/s1. The maximum Gasteiger partial charge on any atom is 0.329 e. The van der Waals surface area contributed by atoms with E-state index in [1.54, 1.807) is 6.92 Å². The third kappa shape index (κ3) is 9.22. The van der Waals surface area contributed by atoms with Gasteiger partial charge in [0.05, 0.1) is 6.42 Å². The van der Waals surface area contributed by atoms with E-state index in [4.69, 9.17) is 0 Å². The molecule has 25 heavy (non-hydrogen) atoms. The molecule has 0 spiro atoms. The second kappa shape index (κ2) is 11.6. The van der Waals surface area contributed by atoms with Crippen LogP contribution in [0.3, 0.4) is 0 Å². The normalized spacial score (nSPS) is 17.8. The Kier molecular flexibility index (Phi) is 9.80. The molecule has 1 saturated carbocycles. The Balaban J connectivity index is 2.36. The molecule has 0 aliphatic heterocycles. The quantitative estimate of drug-likeness (QED) is 0.387. The van der Waals surface area contributed by atoms with Gasteiger partial charge in [0.1, 0.15) is 0 Å². The van der Waals surface area contributed by atoms with Crippen LogP contribution in [0.25, 0.3) is 0 Å². The Morgan fingerprint density at radius 1 is 1.04 bits per heavy atom. The van der Waals surface area contributed by atoms with Gasteiger partial charge in [-0.15, -0.1) is 0 Å². The number of nitrogens with zero attached hydrogens (tertiary/aromatic N) is 1. The fourth-order valence-corrected chi connectivity index (χ4v) is 2.74. The van der Waals surface area contributed by atoms with Gasteiger partial charge in [-0.3, -0.25) is 14.4 Å². The van der Waals surface area contributed by atoms with Crippen LogP contribution in [0.4, 0.5) is 0 Å². The Labute approximate surface area is 150 Å². The molecule has 0 heterocycles. The first kappa shape index (κ1) is 21.1. The summed E-state index contributed by atoms with van der Waals surface area (Å²) < 4.78 is 0. The molecule has 0 unspecified atom stereocenters. The Morgan fingerprint density at radius 2 is 1.64 bits per heavy atom. The Morgan fingerprint density at radius 3 is 2.24 bits per heavy atom. The topological polar surface area (TPSA) is 99.7 Å². The van der Waals surface area contributed by atoms with Crippen molar-refractivity contribution in [1.82, 2.24) is 16.1 Å². The molecule has 1 rings (SSSR count). The molecule has 3 N–H and O–H groups in total. The summed E-state index contributed by atoms with van der Waals surface area (Å²) in [5.41, 5.74) is 2.66. The highest BCUT2D eigenvalue weighted by Crippen LogP contribution is 2.17. The van der Waals surface area contributed by atoms with Gasteiger partial charge in [0.15, 0.2) is 0 Å². The largest absolute Gasteiger partial charge is 0.353 e. The molecular formula is C18H32N4O3. The SMILES string of the molecule is CC[C@H](C)NC(=O)C(=O)N/N=C(/C)CC(=O)NC1CCCCCCC1. The van der Waals surface area contributed by atoms with Gasteiger partial charge in [-0.2, -0.15) is 5.10 Å². The first-order valence-electron chi connectivity index (χ1n) is 9.35. The lowest BCUT2D eigenvalue weighted by molar-refractivity contribution is -0.139. The van der Waals surface area contributed by atoms with Crippen molar-refractivity contribution in [2.24, 2.45) is 5.10 Å². The molecule has 0 saturated heterocycles. The van der Waals surface area contributed by atoms with Gasteiger partial charge in [0.2, 0.25) is 5.91 Å². The van der Waals surface area contributed by atoms with Crippen LogP contribution >= 0.6 is 0 Å². The third-order valence-electron chi connectivity index (χ3n) is 4.43. The number of carbonyl (C=O) groups excluding carboxylic acids is 3. The highest BCUT2D eigenvalue weighted by molar-refractivity contribution is 6.35. The zero-order valence-electron chi connectivity index (χ0n) is 15.7. The molecule has 0 aromatic carbocycles. The van der Waals surface area contributed by atoms with Gasteiger partial charge < -0.3 is 10.6 Å². The summed E-state index contributed by atoms with van der Waals surface area (Å²) in [6, 6.07) is 0.161. The monoisotopic (exact) mass is 352 g/mol. The molecule has 7 nitrogen and oxygen atoms in total. The van der Waals surface area contributed by atoms with Gasteiger partial charge in [0.25, 0.3) is 0 Å². The van der Waals surface area contributed by atoms with Gasteiger partial charge in [-0.25, -0.2) is 5.43 Å². The summed E-state index contributed by atoms with van der Waals surface area (Å²) in [6.45, 7) is 5.39. The van der Waals surface area contributed by atoms with Crippen LogP contribution < -0.4 is 16.1 Å². The van der Waals surface area contributed by atoms with Crippen molar-refractivity contribution in [1.29, 1.82) is 0 Å². The zero-order chi connectivity index (χ0) is 18.7. The molecular weight excluding hydrogens is 320 g/mol. The number of hydrogen-bond acceptors (Lipinski definition) is 4. The predicted octanol–water partition coefficient (Wildman–Crippen LogP) is 2.01. The summed E-state index contributed by atoms with van der Waals surface area (Å²) in [6.07, 6.45) is 8.96. The van der Waals surface area contributed by atoms with E-state index in [0.29, 0.717) is 5.71 Å². The first-order chi connectivity index (χ1) is 11.9. The van der Waals surface area contributed by atoms with Gasteiger partial charge >= 0.3 is 11.8 Å². The molecule has 142 valence electrons. The van der Waals surface area contributed by atoms with Crippen molar-refractivity contribution in [2.45, 2.75) is 90.6 Å². The highest BCUT2D eigenvalue weighted by Gasteiger charge is 2.16. The second-order valence-electron chi connectivity index (χ2n) is 6.86. The molecule has 0 bridgehead atoms. The molecule has 1 fully saturated rings. The smallest absolute Gasteiger partial charge is 0.329 e. The molecule has 1 aliphatic carbocycles. The van der Waals surface area contributed by atoms with Crippen LogP contribution in [-0.2, 0) is 14.4 Å². The van der Waals surface area contributed by atoms with E-state index in [2.05, 4.69) is 21.2 Å². The maximum atomic E-state index is 12.1. The van der Waals surface area contributed by atoms with Crippen LogP contribution in [0.1, 0.15) is 78.6 Å². The molecule has 0 aromatic heterocycles.